The van der Waals surface area contributed by atoms with E-state index in [0.29, 0.717) is 39.4 Å². The topological polar surface area (TPSA) is 106 Å². The molecule has 6 rings (SSSR count). The minimum atomic E-state index is -0.657. The number of ether oxygens (including phenoxy) is 3. The molecule has 2 N–H and O–H groups in total. The molecule has 0 amide bonds. The minimum Gasteiger partial charge on any atom is -0.469 e. The molecule has 3 heterocycles. The Bertz CT molecular complexity index is 2120. The monoisotopic (exact) mass is 713 g/mol. The maximum atomic E-state index is 15.8. The number of rotatable bonds is 5. The van der Waals surface area contributed by atoms with E-state index in [1.165, 1.54) is 50.2 Å². The van der Waals surface area contributed by atoms with Gasteiger partial charge >= 0.3 is 11.9 Å². The number of esters is 2. The summed E-state index contributed by atoms with van der Waals surface area (Å²) in [5, 5.41) is 0.647. The molecular weight excluding hydrogens is 673 g/mol. The van der Waals surface area contributed by atoms with E-state index in [4.69, 9.17) is 14.2 Å². The van der Waals surface area contributed by atoms with Gasteiger partial charge in [0.15, 0.2) is 11.6 Å². The molecule has 51 heavy (non-hydrogen) atoms. The Balaban J connectivity index is 1.48. The van der Waals surface area contributed by atoms with Gasteiger partial charge in [-0.2, -0.15) is 0 Å². The van der Waals surface area contributed by atoms with Crippen molar-refractivity contribution in [2.75, 3.05) is 20.0 Å². The first-order valence-electron chi connectivity index (χ1n) is 16.8. The van der Waals surface area contributed by atoms with Crippen molar-refractivity contribution in [1.82, 2.24) is 15.0 Å². The Labute approximate surface area is 300 Å². The molecule has 3 aromatic carbocycles. The lowest BCUT2D eigenvalue weighted by atomic mass is 9.74. The van der Waals surface area contributed by atoms with Gasteiger partial charge in [0.2, 0.25) is 0 Å². The molecule has 0 fully saturated rings. The van der Waals surface area contributed by atoms with Gasteiger partial charge in [0.05, 0.1) is 24.7 Å². The highest BCUT2D eigenvalue weighted by Gasteiger charge is 2.33. The fourth-order valence-electron chi connectivity index (χ4n) is 6.54. The van der Waals surface area contributed by atoms with E-state index >= 15 is 8.78 Å². The van der Waals surface area contributed by atoms with Crippen molar-refractivity contribution in [3.8, 4) is 22.9 Å². The summed E-state index contributed by atoms with van der Waals surface area (Å²) in [6, 6.07) is 15.4. The number of H-pyrrole nitrogens is 2. The van der Waals surface area contributed by atoms with Crippen LogP contribution in [-0.2, 0) is 30.9 Å². The summed E-state index contributed by atoms with van der Waals surface area (Å²) < 4.78 is 47.6. The van der Waals surface area contributed by atoms with Crippen LogP contribution in [0.15, 0.2) is 71.9 Å². The van der Waals surface area contributed by atoms with Crippen molar-refractivity contribution in [1.29, 1.82) is 0 Å². The summed E-state index contributed by atoms with van der Waals surface area (Å²) in [6.45, 7) is 6.45. The number of halogens is 2. The van der Waals surface area contributed by atoms with Crippen LogP contribution in [0.1, 0.15) is 68.8 Å². The highest BCUT2D eigenvalue weighted by atomic mass is 32.2. The second-order valence-corrected chi connectivity index (χ2v) is 14.9. The zero-order valence-electron chi connectivity index (χ0n) is 29.3. The number of aromatic nitrogens is 3. The van der Waals surface area contributed by atoms with Crippen LogP contribution >= 0.6 is 11.8 Å². The zero-order valence-corrected chi connectivity index (χ0v) is 30.1. The maximum absolute atomic E-state index is 15.8. The van der Waals surface area contributed by atoms with Crippen molar-refractivity contribution in [2.24, 2.45) is 5.41 Å². The van der Waals surface area contributed by atoms with Gasteiger partial charge < -0.3 is 24.2 Å². The van der Waals surface area contributed by atoms with Crippen LogP contribution in [0.5, 0.6) is 11.5 Å². The number of carbonyl (C=O) groups is 2. The first kappa shape index (κ1) is 35.9. The highest BCUT2D eigenvalue weighted by Crippen LogP contribution is 2.43. The van der Waals surface area contributed by atoms with E-state index in [-0.39, 0.29) is 34.9 Å². The van der Waals surface area contributed by atoms with E-state index in [0.717, 1.165) is 36.1 Å². The Kier molecular flexibility index (Phi) is 10.4. The third-order valence-electron chi connectivity index (χ3n) is 9.61. The Morgan fingerprint density at radius 2 is 1.82 bits per heavy atom. The molecule has 0 saturated carbocycles. The van der Waals surface area contributed by atoms with Crippen LogP contribution in [0.25, 0.3) is 28.4 Å². The summed E-state index contributed by atoms with van der Waals surface area (Å²) >= 11 is 1.36. The van der Waals surface area contributed by atoms with E-state index in [2.05, 4.69) is 47.9 Å². The molecular formula is C40H41F2N3O5S. The quantitative estimate of drug-likeness (QED) is 0.175. The van der Waals surface area contributed by atoms with Crippen LogP contribution in [0.3, 0.4) is 0 Å². The Morgan fingerprint density at radius 1 is 1.00 bits per heavy atom. The van der Waals surface area contributed by atoms with E-state index in [1.807, 2.05) is 12.1 Å². The molecule has 8 nitrogen and oxygen atoms in total. The average molecular weight is 714 g/mol. The minimum absolute atomic E-state index is 0.109. The van der Waals surface area contributed by atoms with E-state index < -0.39 is 23.0 Å². The van der Waals surface area contributed by atoms with Crippen LogP contribution < -0.4 is 4.74 Å². The molecule has 2 aromatic heterocycles. The lowest BCUT2D eigenvalue weighted by Crippen LogP contribution is -2.26. The molecule has 1 atom stereocenters. The van der Waals surface area contributed by atoms with E-state index in [9.17, 15) is 9.59 Å². The number of fused-ring (bicyclic) bond motifs is 8. The summed E-state index contributed by atoms with van der Waals surface area (Å²) in [7, 11) is 2.70. The predicted molar refractivity (Wildman–Crippen MR) is 196 cm³/mol. The molecule has 266 valence electrons. The number of aryl methyl sites for hydroxylation is 1. The summed E-state index contributed by atoms with van der Waals surface area (Å²) in [5.74, 6) is -1.04. The number of carbonyl (C=O) groups excluding carboxylic acids is 2. The molecule has 5 aromatic rings. The third-order valence-corrected chi connectivity index (χ3v) is 11.1. The number of methoxy groups -OCH3 is 2. The van der Waals surface area contributed by atoms with Gasteiger partial charge in [-0.15, -0.1) is 11.8 Å². The molecule has 0 spiro atoms. The number of hydrogen-bond acceptors (Lipinski definition) is 7. The van der Waals surface area contributed by atoms with Gasteiger partial charge in [-0.1, -0.05) is 44.5 Å². The van der Waals surface area contributed by atoms with Gasteiger partial charge in [0.1, 0.15) is 17.4 Å². The molecule has 11 heteroatoms. The predicted octanol–water partition coefficient (Wildman–Crippen LogP) is 9.50. The SMILES string of the molecule is COC(=O)CCc1cccc(C2(C)CCCC(C)(C)CS/C(C(=O)OC)=C/c3c(c(F)cc4[nH]ccc34)Oc3ccc(F)c(c3)-c3ncc2[nH]3)c1. The Hall–Kier alpha value is -4.90. The fourth-order valence-corrected chi connectivity index (χ4v) is 7.64. The second-order valence-electron chi connectivity index (χ2n) is 13.8. The molecule has 1 aliphatic rings. The number of hydrogen-bond donors (Lipinski definition) is 2. The van der Waals surface area contributed by atoms with Crippen molar-refractivity contribution < 1.29 is 32.6 Å². The first-order valence-corrected chi connectivity index (χ1v) is 17.8. The first-order chi connectivity index (χ1) is 24.4. The zero-order chi connectivity index (χ0) is 36.3. The van der Waals surface area contributed by atoms with Crippen molar-refractivity contribution in [3.05, 3.63) is 106 Å². The van der Waals surface area contributed by atoms with Crippen LogP contribution in [0, 0.1) is 17.0 Å². The van der Waals surface area contributed by atoms with Gasteiger partial charge in [0, 0.05) is 58.2 Å². The van der Waals surface area contributed by atoms with Crippen molar-refractivity contribution >= 4 is 40.7 Å². The molecule has 0 radical (unpaired) electrons. The second kappa shape index (κ2) is 14.8. The molecule has 4 bridgehead atoms. The molecule has 1 unspecified atom stereocenters. The number of benzene rings is 3. The van der Waals surface area contributed by atoms with Crippen LogP contribution in [-0.4, -0.2) is 46.9 Å². The lowest BCUT2D eigenvalue weighted by molar-refractivity contribution is -0.140. The van der Waals surface area contributed by atoms with Crippen molar-refractivity contribution in [2.45, 2.75) is 58.3 Å². The normalized spacial score (nSPS) is 18.8. The van der Waals surface area contributed by atoms with Crippen LogP contribution in [0.4, 0.5) is 8.78 Å². The van der Waals surface area contributed by atoms with Gasteiger partial charge in [-0.25, -0.2) is 18.6 Å². The number of nitrogens with one attached hydrogen (secondary N) is 2. The van der Waals surface area contributed by atoms with Crippen LogP contribution in [0.2, 0.25) is 0 Å². The van der Waals surface area contributed by atoms with E-state index in [1.54, 1.807) is 24.5 Å². The number of thioether (sulfide) groups is 1. The van der Waals surface area contributed by atoms with Crippen molar-refractivity contribution in [3.63, 3.8) is 0 Å². The average Bonchev–Trinajstić information content (AvgIpc) is 3.81. The van der Waals surface area contributed by atoms with Gasteiger partial charge in [0.25, 0.3) is 0 Å². The molecule has 0 saturated heterocycles. The number of nitrogens with zero attached hydrogens (tertiary/aromatic N) is 1. The standard InChI is InChI=1S/C40H41F2N3O5S/c1-39(2)15-7-16-40(3,25-9-6-8-24(18-25)10-13-35(46)48-4)34-22-44-37(45-34)29-19-26(11-12-30(29)41)50-36-28(20-33(51-23-39)38(47)49-5)27-14-17-43-32(27)21-31(36)42/h6,8-9,11-12,14,17-22,43H,7,10,13,15-16,23H2,1-5H3,(H,44,45)/b33-20+. The molecule has 0 aliphatic carbocycles. The maximum Gasteiger partial charge on any atom is 0.344 e. The lowest BCUT2D eigenvalue weighted by Gasteiger charge is -2.32. The Morgan fingerprint density at radius 3 is 2.61 bits per heavy atom. The summed E-state index contributed by atoms with van der Waals surface area (Å²) in [4.78, 5) is 36.4. The number of imidazole rings is 1. The molecule has 1 aliphatic heterocycles. The smallest absolute Gasteiger partial charge is 0.344 e. The third kappa shape index (κ3) is 7.73. The fraction of sp³-hybridized carbons (Fsp3) is 0.325. The number of aromatic amines is 2. The highest BCUT2D eigenvalue weighted by molar-refractivity contribution is 8.04. The van der Waals surface area contributed by atoms with Gasteiger partial charge in [-0.05, 0) is 73.1 Å². The summed E-state index contributed by atoms with van der Waals surface area (Å²) in [5.41, 5.74) is 3.08. The summed E-state index contributed by atoms with van der Waals surface area (Å²) in [6.07, 6.45) is 8.20. The van der Waals surface area contributed by atoms with Gasteiger partial charge in [-0.3, -0.25) is 4.79 Å². The largest absolute Gasteiger partial charge is 0.469 e.